The van der Waals surface area contributed by atoms with Gasteiger partial charge in [-0.05, 0) is 38.4 Å². The van der Waals surface area contributed by atoms with Crippen molar-refractivity contribution in [2.24, 2.45) is 0 Å². The molecule has 0 saturated carbocycles. The van der Waals surface area contributed by atoms with E-state index in [2.05, 4.69) is 6.07 Å². The van der Waals surface area contributed by atoms with E-state index in [9.17, 15) is 4.79 Å². The number of hydrogen-bond donors (Lipinski definition) is 0. The zero-order valence-electron chi connectivity index (χ0n) is 13.9. The van der Waals surface area contributed by atoms with Gasteiger partial charge in [0.1, 0.15) is 17.6 Å². The van der Waals surface area contributed by atoms with Gasteiger partial charge in [0, 0.05) is 13.1 Å². The number of furan rings is 1. The zero-order chi connectivity index (χ0) is 17.4. The molecule has 0 aliphatic heterocycles. The van der Waals surface area contributed by atoms with Crippen LogP contribution in [-0.4, -0.2) is 49.5 Å². The minimum Gasteiger partial charge on any atom is -0.482 e. The molecule has 0 N–H and O–H groups in total. The summed E-state index contributed by atoms with van der Waals surface area (Å²) >= 11 is 0. The number of likely N-dealkylation sites (N-methyl/N-ethyl adjacent to an activating group) is 1. The molecule has 0 saturated heterocycles. The average molecular weight is 327 g/mol. The number of carbonyl (C=O) groups excluding carboxylic acids is 1. The fourth-order valence-corrected chi connectivity index (χ4v) is 2.12. The first-order chi connectivity index (χ1) is 11.6. The van der Waals surface area contributed by atoms with Crippen LogP contribution in [0.1, 0.15) is 11.3 Å². The highest BCUT2D eigenvalue weighted by molar-refractivity contribution is 5.77. The topological polar surface area (TPSA) is 69.7 Å². The van der Waals surface area contributed by atoms with Crippen LogP contribution in [0, 0.1) is 11.3 Å². The second kappa shape index (κ2) is 8.75. The van der Waals surface area contributed by atoms with E-state index in [1.165, 1.54) is 0 Å². The predicted molar refractivity (Wildman–Crippen MR) is 89.3 cm³/mol. The van der Waals surface area contributed by atoms with Crippen LogP contribution in [0.15, 0.2) is 47.1 Å². The second-order valence-corrected chi connectivity index (χ2v) is 5.59. The Bertz CT molecular complexity index is 690. The number of ether oxygens (including phenoxy) is 1. The van der Waals surface area contributed by atoms with Crippen molar-refractivity contribution in [2.45, 2.75) is 6.54 Å². The maximum Gasteiger partial charge on any atom is 0.260 e. The Morgan fingerprint density at radius 3 is 2.67 bits per heavy atom. The van der Waals surface area contributed by atoms with E-state index in [1.54, 1.807) is 41.5 Å². The highest BCUT2D eigenvalue weighted by atomic mass is 16.5. The number of nitriles is 1. The second-order valence-electron chi connectivity index (χ2n) is 5.59. The maximum atomic E-state index is 12.5. The molecule has 2 aromatic rings. The fourth-order valence-electron chi connectivity index (χ4n) is 2.12. The molecule has 6 heteroatoms. The Hall–Kier alpha value is -2.78. The van der Waals surface area contributed by atoms with Gasteiger partial charge >= 0.3 is 0 Å². The minimum absolute atomic E-state index is 0.118. The van der Waals surface area contributed by atoms with Crippen molar-refractivity contribution in [1.82, 2.24) is 9.80 Å². The monoisotopic (exact) mass is 327 g/mol. The number of carbonyl (C=O) groups is 1. The molecule has 0 atom stereocenters. The quantitative estimate of drug-likeness (QED) is 0.743. The maximum absolute atomic E-state index is 12.5. The molecule has 1 heterocycles. The van der Waals surface area contributed by atoms with Crippen molar-refractivity contribution in [3.63, 3.8) is 0 Å². The van der Waals surface area contributed by atoms with E-state index in [-0.39, 0.29) is 12.5 Å². The molecule has 0 fully saturated rings. The molecular weight excluding hydrogens is 306 g/mol. The molecule has 0 radical (unpaired) electrons. The van der Waals surface area contributed by atoms with Gasteiger partial charge in [-0.1, -0.05) is 12.1 Å². The number of benzene rings is 1. The Morgan fingerprint density at radius 2 is 2.00 bits per heavy atom. The molecule has 0 aliphatic rings. The van der Waals surface area contributed by atoms with Crippen LogP contribution in [0.3, 0.4) is 0 Å². The molecular formula is C18H21N3O3. The Kier molecular flexibility index (Phi) is 6.41. The summed E-state index contributed by atoms with van der Waals surface area (Å²) in [5.74, 6) is 0.986. The first-order valence-corrected chi connectivity index (χ1v) is 7.67. The third kappa shape index (κ3) is 5.14. The van der Waals surface area contributed by atoms with Gasteiger partial charge in [0.05, 0.1) is 18.4 Å². The highest BCUT2D eigenvalue weighted by Gasteiger charge is 2.17. The van der Waals surface area contributed by atoms with Crippen LogP contribution in [0.5, 0.6) is 5.75 Å². The van der Waals surface area contributed by atoms with Crippen molar-refractivity contribution < 1.29 is 13.9 Å². The Morgan fingerprint density at radius 1 is 1.21 bits per heavy atom. The Labute approximate surface area is 141 Å². The molecule has 1 aromatic heterocycles. The van der Waals surface area contributed by atoms with Crippen LogP contribution in [0.2, 0.25) is 0 Å². The van der Waals surface area contributed by atoms with Gasteiger partial charge in [-0.25, -0.2) is 0 Å². The Balaban J connectivity index is 1.99. The summed E-state index contributed by atoms with van der Waals surface area (Å²) in [5.41, 5.74) is 0.413. The third-order valence-electron chi connectivity index (χ3n) is 3.46. The number of amides is 1. The van der Waals surface area contributed by atoms with Crippen LogP contribution >= 0.6 is 0 Å². The van der Waals surface area contributed by atoms with E-state index < -0.39 is 0 Å². The van der Waals surface area contributed by atoms with Gasteiger partial charge < -0.3 is 19.0 Å². The number of hydrogen-bond acceptors (Lipinski definition) is 5. The van der Waals surface area contributed by atoms with Crippen LogP contribution in [0.25, 0.3) is 0 Å². The van der Waals surface area contributed by atoms with Gasteiger partial charge in [-0.15, -0.1) is 0 Å². The molecule has 2 rings (SSSR count). The van der Waals surface area contributed by atoms with Gasteiger partial charge in [0.15, 0.2) is 6.61 Å². The van der Waals surface area contributed by atoms with Crippen molar-refractivity contribution >= 4 is 5.91 Å². The molecule has 0 unspecified atom stereocenters. The zero-order valence-corrected chi connectivity index (χ0v) is 13.9. The van der Waals surface area contributed by atoms with Gasteiger partial charge in [-0.3, -0.25) is 4.79 Å². The molecule has 126 valence electrons. The summed E-state index contributed by atoms with van der Waals surface area (Å²) in [6, 6.07) is 12.6. The lowest BCUT2D eigenvalue weighted by Crippen LogP contribution is -2.38. The minimum atomic E-state index is -0.152. The number of rotatable bonds is 8. The van der Waals surface area contributed by atoms with Gasteiger partial charge in [0.2, 0.25) is 0 Å². The van der Waals surface area contributed by atoms with Crippen molar-refractivity contribution in [2.75, 3.05) is 33.8 Å². The standard InChI is InChI=1S/C18H21N3O3/c1-20(2)9-10-21(13-16-7-5-11-23-16)18(22)14-24-17-8-4-3-6-15(17)12-19/h3-8,11H,9-10,13-14H2,1-2H3. The number of para-hydroxylation sites is 1. The number of nitrogens with zero attached hydrogens (tertiary/aromatic N) is 3. The summed E-state index contributed by atoms with van der Waals surface area (Å²) < 4.78 is 10.9. The van der Waals surface area contributed by atoms with Gasteiger partial charge in [0.25, 0.3) is 5.91 Å². The summed E-state index contributed by atoms with van der Waals surface area (Å²) in [5, 5.41) is 9.07. The molecule has 24 heavy (non-hydrogen) atoms. The van der Waals surface area contributed by atoms with Crippen molar-refractivity contribution in [3.05, 3.63) is 54.0 Å². The third-order valence-corrected chi connectivity index (χ3v) is 3.46. The molecule has 1 amide bonds. The smallest absolute Gasteiger partial charge is 0.260 e. The molecule has 1 aromatic carbocycles. The van der Waals surface area contributed by atoms with E-state index in [1.807, 2.05) is 25.1 Å². The van der Waals surface area contributed by atoms with Crippen molar-refractivity contribution in [3.8, 4) is 11.8 Å². The first-order valence-electron chi connectivity index (χ1n) is 7.67. The normalized spacial score (nSPS) is 10.4. The average Bonchev–Trinajstić information content (AvgIpc) is 3.09. The van der Waals surface area contributed by atoms with Crippen LogP contribution in [0.4, 0.5) is 0 Å². The SMILES string of the molecule is CN(C)CCN(Cc1ccco1)C(=O)COc1ccccc1C#N. The molecule has 0 aliphatic carbocycles. The molecule has 0 bridgehead atoms. The van der Waals surface area contributed by atoms with E-state index in [0.29, 0.717) is 24.4 Å². The summed E-state index contributed by atoms with van der Waals surface area (Å²) in [6.45, 7) is 1.58. The molecule has 0 spiro atoms. The van der Waals surface area contributed by atoms with E-state index in [4.69, 9.17) is 14.4 Å². The largest absolute Gasteiger partial charge is 0.482 e. The predicted octanol–water partition coefficient (Wildman–Crippen LogP) is 2.12. The summed E-state index contributed by atoms with van der Waals surface area (Å²) in [4.78, 5) is 16.2. The van der Waals surface area contributed by atoms with Crippen LogP contribution < -0.4 is 4.74 Å². The lowest BCUT2D eigenvalue weighted by Gasteiger charge is -2.23. The summed E-state index contributed by atoms with van der Waals surface area (Å²) in [6.07, 6.45) is 1.59. The van der Waals surface area contributed by atoms with E-state index in [0.717, 1.165) is 12.3 Å². The first kappa shape index (κ1) is 17.6. The van der Waals surface area contributed by atoms with Gasteiger partial charge in [-0.2, -0.15) is 5.26 Å². The molecule has 6 nitrogen and oxygen atoms in total. The van der Waals surface area contributed by atoms with E-state index >= 15 is 0 Å². The van der Waals surface area contributed by atoms with Crippen LogP contribution in [-0.2, 0) is 11.3 Å². The van der Waals surface area contributed by atoms with Crippen molar-refractivity contribution in [1.29, 1.82) is 5.26 Å². The highest BCUT2D eigenvalue weighted by Crippen LogP contribution is 2.16. The fraction of sp³-hybridized carbons (Fsp3) is 0.333. The summed E-state index contributed by atoms with van der Waals surface area (Å²) in [7, 11) is 3.91. The lowest BCUT2D eigenvalue weighted by atomic mass is 10.2. The lowest BCUT2D eigenvalue weighted by molar-refractivity contribution is -0.134.